The number of carbonyl (C=O) groups is 1. The number of rotatable bonds is 5. The molecule has 1 aliphatic rings. The van der Waals surface area contributed by atoms with Crippen molar-refractivity contribution in [2.45, 2.75) is 44.6 Å². The van der Waals surface area contributed by atoms with Crippen molar-refractivity contribution in [3.8, 4) is 0 Å². The molecule has 0 aromatic carbocycles. The number of aliphatic hydroxyl groups is 1. The minimum atomic E-state index is -0.112. The number of urea groups is 1. The van der Waals surface area contributed by atoms with Gasteiger partial charge in [0.25, 0.3) is 0 Å². The first-order chi connectivity index (χ1) is 9.70. The van der Waals surface area contributed by atoms with E-state index in [1.807, 2.05) is 6.07 Å². The Kier molecular flexibility index (Phi) is 5.86. The van der Waals surface area contributed by atoms with E-state index in [4.69, 9.17) is 0 Å². The molecular formula is C15H24N2O2S. The molecule has 4 nitrogen and oxygen atoms in total. The number of aliphatic hydroxyl groups excluding tert-OH is 1. The van der Waals surface area contributed by atoms with Gasteiger partial charge in [-0.15, -0.1) is 11.3 Å². The molecule has 1 heterocycles. The Labute approximate surface area is 124 Å². The number of amides is 2. The Balaban J connectivity index is 1.74. The Morgan fingerprint density at radius 3 is 3.00 bits per heavy atom. The lowest BCUT2D eigenvalue weighted by Crippen LogP contribution is -2.48. The number of nitrogens with one attached hydrogen (secondary N) is 2. The van der Waals surface area contributed by atoms with E-state index in [1.54, 1.807) is 11.3 Å². The zero-order valence-electron chi connectivity index (χ0n) is 12.0. The second kappa shape index (κ2) is 7.64. The second-order valence-electron chi connectivity index (χ2n) is 5.60. The van der Waals surface area contributed by atoms with Crippen LogP contribution in [0, 0.1) is 5.92 Å². The molecule has 0 bridgehead atoms. The summed E-state index contributed by atoms with van der Waals surface area (Å²) in [6.45, 7) is 2.92. The first kappa shape index (κ1) is 15.3. The third-order valence-corrected chi connectivity index (χ3v) is 5.16. The summed E-state index contributed by atoms with van der Waals surface area (Å²) in [6, 6.07) is 4.13. The van der Waals surface area contributed by atoms with E-state index in [1.165, 1.54) is 4.88 Å². The van der Waals surface area contributed by atoms with Crippen LogP contribution in [0.3, 0.4) is 0 Å². The first-order valence-corrected chi connectivity index (χ1v) is 8.27. The van der Waals surface area contributed by atoms with Gasteiger partial charge in [0.1, 0.15) is 0 Å². The highest BCUT2D eigenvalue weighted by atomic mass is 32.1. The summed E-state index contributed by atoms with van der Waals surface area (Å²) in [7, 11) is 0. The second-order valence-corrected chi connectivity index (χ2v) is 6.58. The van der Waals surface area contributed by atoms with Crippen LogP contribution in [0.15, 0.2) is 17.5 Å². The van der Waals surface area contributed by atoms with E-state index in [9.17, 15) is 9.90 Å². The van der Waals surface area contributed by atoms with Crippen molar-refractivity contribution in [1.82, 2.24) is 10.6 Å². The standard InChI is InChI=1S/C15H24N2O2S/c1-11(14-7-4-8-20-14)9-16-15(19)17-13-6-3-2-5-12(13)10-18/h4,7-8,11-13,18H,2-3,5-6,9-10H2,1H3,(H2,16,17,19)/t11-,12-,13+/m1/s1. The van der Waals surface area contributed by atoms with Crippen molar-refractivity contribution in [3.05, 3.63) is 22.4 Å². The van der Waals surface area contributed by atoms with Crippen molar-refractivity contribution >= 4 is 17.4 Å². The van der Waals surface area contributed by atoms with Gasteiger partial charge in [-0.3, -0.25) is 0 Å². The Bertz CT molecular complexity index is 408. The molecule has 1 saturated carbocycles. The summed E-state index contributed by atoms with van der Waals surface area (Å²) in [4.78, 5) is 13.2. The van der Waals surface area contributed by atoms with Crippen LogP contribution in [0.2, 0.25) is 0 Å². The lowest BCUT2D eigenvalue weighted by atomic mass is 9.85. The van der Waals surface area contributed by atoms with Gasteiger partial charge in [-0.2, -0.15) is 0 Å². The maximum atomic E-state index is 11.9. The maximum Gasteiger partial charge on any atom is 0.315 e. The largest absolute Gasteiger partial charge is 0.396 e. The minimum Gasteiger partial charge on any atom is -0.396 e. The van der Waals surface area contributed by atoms with E-state index in [0.29, 0.717) is 12.5 Å². The van der Waals surface area contributed by atoms with Gasteiger partial charge in [0.05, 0.1) is 0 Å². The van der Waals surface area contributed by atoms with Gasteiger partial charge in [0.15, 0.2) is 0 Å². The average molecular weight is 296 g/mol. The van der Waals surface area contributed by atoms with Crippen molar-refractivity contribution in [2.75, 3.05) is 13.2 Å². The normalized spacial score (nSPS) is 24.1. The molecule has 112 valence electrons. The fourth-order valence-corrected chi connectivity index (χ4v) is 3.54. The third-order valence-electron chi connectivity index (χ3n) is 4.06. The lowest BCUT2D eigenvalue weighted by molar-refractivity contribution is 0.153. The topological polar surface area (TPSA) is 61.4 Å². The minimum absolute atomic E-state index is 0.112. The number of thiophene rings is 1. The highest BCUT2D eigenvalue weighted by Gasteiger charge is 2.25. The zero-order valence-corrected chi connectivity index (χ0v) is 12.8. The molecule has 3 atom stereocenters. The van der Waals surface area contributed by atoms with Gasteiger partial charge < -0.3 is 15.7 Å². The molecule has 0 unspecified atom stereocenters. The molecule has 20 heavy (non-hydrogen) atoms. The van der Waals surface area contributed by atoms with E-state index < -0.39 is 0 Å². The Morgan fingerprint density at radius 1 is 1.50 bits per heavy atom. The quantitative estimate of drug-likeness (QED) is 0.782. The molecular weight excluding hydrogens is 272 g/mol. The van der Waals surface area contributed by atoms with Gasteiger partial charge in [-0.25, -0.2) is 4.79 Å². The van der Waals surface area contributed by atoms with Gasteiger partial charge >= 0.3 is 6.03 Å². The summed E-state index contributed by atoms with van der Waals surface area (Å²) in [6.07, 6.45) is 4.26. The third kappa shape index (κ3) is 4.21. The molecule has 5 heteroatoms. The molecule has 0 spiro atoms. The van der Waals surface area contributed by atoms with Crippen LogP contribution in [-0.4, -0.2) is 30.3 Å². The van der Waals surface area contributed by atoms with E-state index in [2.05, 4.69) is 29.0 Å². The molecule has 0 saturated heterocycles. The average Bonchev–Trinajstić information content (AvgIpc) is 2.99. The zero-order chi connectivity index (χ0) is 14.4. The molecule has 1 aromatic heterocycles. The van der Waals surface area contributed by atoms with Crippen LogP contribution in [0.25, 0.3) is 0 Å². The van der Waals surface area contributed by atoms with Crippen LogP contribution < -0.4 is 10.6 Å². The predicted octanol–water partition coefficient (Wildman–Crippen LogP) is 2.70. The van der Waals surface area contributed by atoms with Gasteiger partial charge in [0.2, 0.25) is 0 Å². The van der Waals surface area contributed by atoms with E-state index in [0.717, 1.165) is 25.7 Å². The highest BCUT2D eigenvalue weighted by molar-refractivity contribution is 7.10. The Morgan fingerprint density at radius 2 is 2.30 bits per heavy atom. The molecule has 1 fully saturated rings. The van der Waals surface area contributed by atoms with Gasteiger partial charge in [-0.05, 0) is 24.3 Å². The molecule has 2 rings (SSSR count). The van der Waals surface area contributed by atoms with Crippen LogP contribution in [-0.2, 0) is 0 Å². The SMILES string of the molecule is C[C@H](CNC(=O)N[C@H]1CCCC[C@@H]1CO)c1cccs1. The molecule has 0 radical (unpaired) electrons. The fraction of sp³-hybridized carbons (Fsp3) is 0.667. The monoisotopic (exact) mass is 296 g/mol. The van der Waals surface area contributed by atoms with Crippen LogP contribution in [0.5, 0.6) is 0 Å². The molecule has 2 amide bonds. The smallest absolute Gasteiger partial charge is 0.315 e. The maximum absolute atomic E-state index is 11.9. The van der Waals surface area contributed by atoms with Crippen LogP contribution >= 0.6 is 11.3 Å². The lowest BCUT2D eigenvalue weighted by Gasteiger charge is -2.31. The molecule has 1 aliphatic carbocycles. The summed E-state index contributed by atoms with van der Waals surface area (Å²) < 4.78 is 0. The van der Waals surface area contributed by atoms with E-state index in [-0.39, 0.29) is 24.6 Å². The van der Waals surface area contributed by atoms with Crippen molar-refractivity contribution in [1.29, 1.82) is 0 Å². The highest BCUT2D eigenvalue weighted by Crippen LogP contribution is 2.24. The first-order valence-electron chi connectivity index (χ1n) is 7.39. The van der Waals surface area contributed by atoms with Crippen molar-refractivity contribution in [2.24, 2.45) is 5.92 Å². The number of hydrogen-bond donors (Lipinski definition) is 3. The van der Waals surface area contributed by atoms with E-state index >= 15 is 0 Å². The predicted molar refractivity (Wildman–Crippen MR) is 82.1 cm³/mol. The molecule has 1 aromatic rings. The fourth-order valence-electron chi connectivity index (χ4n) is 2.75. The van der Waals surface area contributed by atoms with Crippen LogP contribution in [0.1, 0.15) is 43.4 Å². The summed E-state index contributed by atoms with van der Waals surface area (Å²) in [5.74, 6) is 0.546. The molecule has 3 N–H and O–H groups in total. The van der Waals surface area contributed by atoms with Crippen molar-refractivity contribution < 1.29 is 9.90 Å². The Hall–Kier alpha value is -1.07. The van der Waals surface area contributed by atoms with Gasteiger partial charge in [0, 0.05) is 35.9 Å². The number of hydrogen-bond acceptors (Lipinski definition) is 3. The number of carbonyl (C=O) groups excluding carboxylic acids is 1. The molecule has 0 aliphatic heterocycles. The van der Waals surface area contributed by atoms with Gasteiger partial charge in [-0.1, -0.05) is 25.8 Å². The van der Waals surface area contributed by atoms with Crippen molar-refractivity contribution in [3.63, 3.8) is 0 Å². The summed E-state index contributed by atoms with van der Waals surface area (Å²) >= 11 is 1.72. The summed E-state index contributed by atoms with van der Waals surface area (Å²) in [5, 5.41) is 17.4. The van der Waals surface area contributed by atoms with Crippen LogP contribution in [0.4, 0.5) is 4.79 Å². The summed E-state index contributed by atoms with van der Waals surface area (Å²) in [5.41, 5.74) is 0.